The van der Waals surface area contributed by atoms with Gasteiger partial charge in [-0.1, -0.05) is 11.6 Å². The summed E-state index contributed by atoms with van der Waals surface area (Å²) in [6.45, 7) is 1.80. The molecule has 1 aromatic carbocycles. The number of carboxylic acid groups (broad SMARTS) is 1. The molecule has 0 aliphatic carbocycles. The highest BCUT2D eigenvalue weighted by atomic mass is 35.5. The molecule has 4 nitrogen and oxygen atoms in total. The Morgan fingerprint density at radius 3 is 2.61 bits per heavy atom. The number of benzene rings is 1. The Balaban J connectivity index is 2.35. The van der Waals surface area contributed by atoms with Gasteiger partial charge in [-0.3, -0.25) is 4.98 Å². The van der Waals surface area contributed by atoms with Crippen molar-refractivity contribution in [1.29, 1.82) is 0 Å². The van der Waals surface area contributed by atoms with Crippen molar-refractivity contribution in [2.24, 2.45) is 0 Å². The summed E-state index contributed by atoms with van der Waals surface area (Å²) in [6, 6.07) is 8.72. The van der Waals surface area contributed by atoms with Crippen molar-refractivity contribution < 1.29 is 9.90 Å². The molecule has 0 aliphatic heterocycles. The standard InChI is InChI=1S/C13H11ClN2O2/c1-8-6-12(11(7-15-8)13(17)18)16-10-4-2-9(14)3-5-10/h2-7H,1H3,(H,15,16)(H,17,18). The molecule has 0 bridgehead atoms. The van der Waals surface area contributed by atoms with Crippen LogP contribution in [0.4, 0.5) is 11.4 Å². The van der Waals surface area contributed by atoms with Crippen LogP contribution in [0.15, 0.2) is 36.5 Å². The molecule has 0 spiro atoms. The Labute approximate surface area is 109 Å². The van der Waals surface area contributed by atoms with Gasteiger partial charge in [-0.2, -0.15) is 0 Å². The smallest absolute Gasteiger partial charge is 0.339 e. The summed E-state index contributed by atoms with van der Waals surface area (Å²) < 4.78 is 0. The molecule has 0 atom stereocenters. The number of aromatic nitrogens is 1. The van der Waals surface area contributed by atoms with Crippen molar-refractivity contribution in [3.8, 4) is 0 Å². The summed E-state index contributed by atoms with van der Waals surface area (Å²) >= 11 is 5.79. The van der Waals surface area contributed by atoms with Gasteiger partial charge in [0.25, 0.3) is 0 Å². The second-order valence-corrected chi connectivity index (χ2v) is 4.24. The Morgan fingerprint density at radius 1 is 1.33 bits per heavy atom. The van der Waals surface area contributed by atoms with Crippen LogP contribution < -0.4 is 5.32 Å². The summed E-state index contributed by atoms with van der Waals surface area (Å²) in [6.07, 6.45) is 1.34. The van der Waals surface area contributed by atoms with E-state index in [1.165, 1.54) is 6.20 Å². The van der Waals surface area contributed by atoms with Crippen LogP contribution in [0, 0.1) is 6.92 Å². The topological polar surface area (TPSA) is 62.2 Å². The van der Waals surface area contributed by atoms with Gasteiger partial charge >= 0.3 is 5.97 Å². The van der Waals surface area contributed by atoms with Crippen LogP contribution in [-0.2, 0) is 0 Å². The van der Waals surface area contributed by atoms with Gasteiger partial charge in [0.05, 0.1) is 5.69 Å². The predicted octanol–water partition coefficient (Wildman–Crippen LogP) is 3.49. The van der Waals surface area contributed by atoms with Crippen LogP contribution in [0.2, 0.25) is 5.02 Å². The first-order chi connectivity index (χ1) is 8.56. The molecule has 2 aromatic rings. The number of pyridine rings is 1. The highest BCUT2D eigenvalue weighted by molar-refractivity contribution is 6.30. The maximum absolute atomic E-state index is 11.1. The number of hydrogen-bond donors (Lipinski definition) is 2. The molecule has 0 radical (unpaired) electrons. The van der Waals surface area contributed by atoms with Crippen molar-refractivity contribution in [1.82, 2.24) is 4.98 Å². The van der Waals surface area contributed by atoms with Gasteiger partial charge in [0.2, 0.25) is 0 Å². The lowest BCUT2D eigenvalue weighted by Gasteiger charge is -2.10. The van der Waals surface area contributed by atoms with Crippen molar-refractivity contribution in [2.75, 3.05) is 5.32 Å². The lowest BCUT2D eigenvalue weighted by molar-refractivity contribution is 0.0697. The number of carbonyl (C=O) groups is 1. The third-order valence-corrected chi connectivity index (χ3v) is 2.65. The Morgan fingerprint density at radius 2 is 2.00 bits per heavy atom. The first-order valence-electron chi connectivity index (χ1n) is 5.29. The third kappa shape index (κ3) is 2.78. The van der Waals surface area contributed by atoms with Crippen LogP contribution in [-0.4, -0.2) is 16.1 Å². The van der Waals surface area contributed by atoms with Crippen molar-refractivity contribution in [3.63, 3.8) is 0 Å². The van der Waals surface area contributed by atoms with Gasteiger partial charge in [0.1, 0.15) is 5.56 Å². The molecule has 0 fully saturated rings. The van der Waals surface area contributed by atoms with Gasteiger partial charge < -0.3 is 10.4 Å². The minimum Gasteiger partial charge on any atom is -0.478 e. The molecular weight excluding hydrogens is 252 g/mol. The first kappa shape index (κ1) is 12.4. The Hall–Kier alpha value is -2.07. The predicted molar refractivity (Wildman–Crippen MR) is 70.7 cm³/mol. The van der Waals surface area contributed by atoms with E-state index in [2.05, 4.69) is 10.3 Å². The molecule has 0 saturated carbocycles. The van der Waals surface area contributed by atoms with E-state index >= 15 is 0 Å². The number of aromatic carboxylic acids is 1. The average molecular weight is 263 g/mol. The molecule has 0 aliphatic rings. The van der Waals surface area contributed by atoms with Gasteiger partial charge in [-0.15, -0.1) is 0 Å². The quantitative estimate of drug-likeness (QED) is 0.889. The zero-order chi connectivity index (χ0) is 13.1. The zero-order valence-electron chi connectivity index (χ0n) is 9.64. The highest BCUT2D eigenvalue weighted by Crippen LogP contribution is 2.22. The van der Waals surface area contributed by atoms with E-state index in [1.54, 1.807) is 37.3 Å². The Kier molecular flexibility index (Phi) is 3.48. The maximum atomic E-state index is 11.1. The minimum atomic E-state index is -1.01. The molecule has 5 heteroatoms. The summed E-state index contributed by atoms with van der Waals surface area (Å²) in [5, 5.41) is 12.7. The van der Waals surface area contributed by atoms with E-state index in [-0.39, 0.29) is 5.56 Å². The van der Waals surface area contributed by atoms with E-state index < -0.39 is 5.97 Å². The van der Waals surface area contributed by atoms with E-state index in [1.807, 2.05) is 0 Å². The van der Waals surface area contributed by atoms with Crippen LogP contribution in [0.25, 0.3) is 0 Å². The summed E-state index contributed by atoms with van der Waals surface area (Å²) in [5.41, 5.74) is 2.16. The number of nitrogens with zero attached hydrogens (tertiary/aromatic N) is 1. The number of rotatable bonds is 3. The molecule has 0 unspecified atom stereocenters. The van der Waals surface area contributed by atoms with Gasteiger partial charge in [0, 0.05) is 22.6 Å². The van der Waals surface area contributed by atoms with E-state index in [4.69, 9.17) is 16.7 Å². The fourth-order valence-electron chi connectivity index (χ4n) is 1.52. The van der Waals surface area contributed by atoms with E-state index in [9.17, 15) is 4.79 Å². The zero-order valence-corrected chi connectivity index (χ0v) is 10.4. The first-order valence-corrected chi connectivity index (χ1v) is 5.66. The summed E-state index contributed by atoms with van der Waals surface area (Å²) in [4.78, 5) is 15.1. The second kappa shape index (κ2) is 5.06. The lowest BCUT2D eigenvalue weighted by atomic mass is 10.2. The third-order valence-electron chi connectivity index (χ3n) is 2.39. The van der Waals surface area contributed by atoms with Gasteiger partial charge in [-0.05, 0) is 37.3 Å². The fourth-order valence-corrected chi connectivity index (χ4v) is 1.65. The van der Waals surface area contributed by atoms with Crippen molar-refractivity contribution in [2.45, 2.75) is 6.92 Å². The van der Waals surface area contributed by atoms with Gasteiger partial charge in [0.15, 0.2) is 0 Å². The van der Waals surface area contributed by atoms with Crippen LogP contribution >= 0.6 is 11.6 Å². The molecule has 18 heavy (non-hydrogen) atoms. The monoisotopic (exact) mass is 262 g/mol. The SMILES string of the molecule is Cc1cc(Nc2ccc(Cl)cc2)c(C(=O)O)cn1. The number of hydrogen-bond acceptors (Lipinski definition) is 3. The van der Waals surface area contributed by atoms with Crippen LogP contribution in [0.5, 0.6) is 0 Å². The summed E-state index contributed by atoms with van der Waals surface area (Å²) in [5.74, 6) is -1.01. The largest absolute Gasteiger partial charge is 0.478 e. The van der Waals surface area contributed by atoms with Crippen molar-refractivity contribution >= 4 is 28.9 Å². The van der Waals surface area contributed by atoms with E-state index in [0.717, 1.165) is 11.4 Å². The maximum Gasteiger partial charge on any atom is 0.339 e. The molecular formula is C13H11ClN2O2. The normalized spacial score (nSPS) is 10.1. The van der Waals surface area contributed by atoms with Crippen LogP contribution in [0.1, 0.15) is 16.1 Å². The number of halogens is 1. The molecule has 0 amide bonds. The number of aryl methyl sites for hydroxylation is 1. The van der Waals surface area contributed by atoms with Gasteiger partial charge in [-0.25, -0.2) is 4.79 Å². The lowest BCUT2D eigenvalue weighted by Crippen LogP contribution is -2.04. The number of carboxylic acids is 1. The molecule has 2 rings (SSSR count). The minimum absolute atomic E-state index is 0.135. The number of nitrogens with one attached hydrogen (secondary N) is 1. The fraction of sp³-hybridized carbons (Fsp3) is 0.0769. The molecule has 1 heterocycles. The molecule has 2 N–H and O–H groups in total. The number of anilines is 2. The second-order valence-electron chi connectivity index (χ2n) is 3.81. The molecule has 92 valence electrons. The van der Waals surface area contributed by atoms with Crippen LogP contribution in [0.3, 0.4) is 0 Å². The summed E-state index contributed by atoms with van der Waals surface area (Å²) in [7, 11) is 0. The Bertz CT molecular complexity index is 582. The molecule has 0 saturated heterocycles. The average Bonchev–Trinajstić information content (AvgIpc) is 2.32. The molecule has 1 aromatic heterocycles. The van der Waals surface area contributed by atoms with Crippen molar-refractivity contribution in [3.05, 3.63) is 52.8 Å². The highest BCUT2D eigenvalue weighted by Gasteiger charge is 2.11. The van der Waals surface area contributed by atoms with E-state index in [0.29, 0.717) is 10.7 Å².